The molecular weight excluding hydrogens is 262 g/mol. The quantitative estimate of drug-likeness (QED) is 0.776. The molecule has 0 heterocycles. The average Bonchev–Trinajstić information content (AvgIpc) is 2.44. The van der Waals surface area contributed by atoms with Crippen LogP contribution in [0.3, 0.4) is 0 Å². The second-order valence-corrected chi connectivity index (χ2v) is 4.55. The molecule has 0 unspecified atom stereocenters. The summed E-state index contributed by atoms with van der Waals surface area (Å²) in [5, 5.41) is 0. The van der Waals surface area contributed by atoms with Crippen LogP contribution < -0.4 is 19.7 Å². The number of rotatable bonds is 7. The number of carbonyl (C=O) groups is 1. The van der Waals surface area contributed by atoms with E-state index in [2.05, 4.69) is 5.48 Å². The maximum absolute atomic E-state index is 12.0. The van der Waals surface area contributed by atoms with Gasteiger partial charge in [0, 0.05) is 5.56 Å². The van der Waals surface area contributed by atoms with Crippen LogP contribution in [-0.2, 0) is 4.84 Å². The summed E-state index contributed by atoms with van der Waals surface area (Å²) in [6.45, 7) is 4.42. The molecule has 20 heavy (non-hydrogen) atoms. The summed E-state index contributed by atoms with van der Waals surface area (Å²) in [7, 11) is 4.49. The predicted molar refractivity (Wildman–Crippen MR) is 74.4 cm³/mol. The van der Waals surface area contributed by atoms with E-state index in [1.165, 1.54) is 21.3 Å². The zero-order valence-electron chi connectivity index (χ0n) is 12.5. The van der Waals surface area contributed by atoms with Crippen molar-refractivity contribution in [2.24, 2.45) is 5.92 Å². The number of hydrogen-bond donors (Lipinski definition) is 1. The fourth-order valence-electron chi connectivity index (χ4n) is 1.54. The third kappa shape index (κ3) is 4.03. The highest BCUT2D eigenvalue weighted by Gasteiger charge is 2.17. The number of amides is 1. The maximum atomic E-state index is 12.0. The van der Waals surface area contributed by atoms with Crippen molar-refractivity contribution in [3.05, 3.63) is 17.7 Å². The summed E-state index contributed by atoms with van der Waals surface area (Å²) in [5.74, 6) is 1.23. The zero-order valence-corrected chi connectivity index (χ0v) is 12.5. The third-order valence-electron chi connectivity index (χ3n) is 2.51. The molecule has 0 bridgehead atoms. The maximum Gasteiger partial charge on any atom is 0.275 e. The lowest BCUT2D eigenvalue weighted by Gasteiger charge is -2.14. The summed E-state index contributed by atoms with van der Waals surface area (Å²) in [4.78, 5) is 17.1. The Bertz CT molecular complexity index is 434. The molecule has 0 aliphatic heterocycles. The summed E-state index contributed by atoms with van der Waals surface area (Å²) in [6, 6.07) is 3.13. The molecular formula is C14H21NO5. The molecule has 1 amide bonds. The molecule has 0 radical (unpaired) electrons. The molecule has 1 N–H and O–H groups in total. The van der Waals surface area contributed by atoms with Crippen LogP contribution in [0.5, 0.6) is 17.2 Å². The molecule has 0 aromatic heterocycles. The van der Waals surface area contributed by atoms with Gasteiger partial charge in [-0.05, 0) is 18.1 Å². The van der Waals surface area contributed by atoms with Crippen LogP contribution in [0.4, 0.5) is 0 Å². The summed E-state index contributed by atoms with van der Waals surface area (Å²) in [5.41, 5.74) is 2.74. The number of benzene rings is 1. The van der Waals surface area contributed by atoms with Gasteiger partial charge in [0.1, 0.15) is 0 Å². The molecule has 1 aromatic rings. The lowest BCUT2D eigenvalue weighted by molar-refractivity contribution is 0.0208. The van der Waals surface area contributed by atoms with E-state index >= 15 is 0 Å². The van der Waals surface area contributed by atoms with Crippen LogP contribution >= 0.6 is 0 Å². The average molecular weight is 283 g/mol. The van der Waals surface area contributed by atoms with E-state index < -0.39 is 0 Å². The molecule has 6 heteroatoms. The minimum Gasteiger partial charge on any atom is -0.493 e. The molecule has 0 aliphatic rings. The van der Waals surface area contributed by atoms with Crippen LogP contribution in [0.15, 0.2) is 12.1 Å². The molecule has 0 atom stereocenters. The normalized spacial score (nSPS) is 10.3. The Morgan fingerprint density at radius 1 is 1.10 bits per heavy atom. The highest BCUT2D eigenvalue weighted by atomic mass is 16.7. The first-order valence-electron chi connectivity index (χ1n) is 6.25. The van der Waals surface area contributed by atoms with Crippen LogP contribution in [-0.4, -0.2) is 33.8 Å². The van der Waals surface area contributed by atoms with Crippen molar-refractivity contribution >= 4 is 5.91 Å². The van der Waals surface area contributed by atoms with E-state index in [0.29, 0.717) is 35.3 Å². The molecule has 112 valence electrons. The minimum absolute atomic E-state index is 0.329. The molecule has 0 aliphatic carbocycles. The molecule has 1 rings (SSSR count). The van der Waals surface area contributed by atoms with Gasteiger partial charge in [0.05, 0.1) is 27.9 Å². The summed E-state index contributed by atoms with van der Waals surface area (Å²) < 4.78 is 15.6. The van der Waals surface area contributed by atoms with Gasteiger partial charge in [-0.25, -0.2) is 5.48 Å². The Kier molecular flexibility index (Phi) is 6.11. The molecule has 1 aromatic carbocycles. The van der Waals surface area contributed by atoms with Gasteiger partial charge >= 0.3 is 0 Å². The lowest BCUT2D eigenvalue weighted by atomic mass is 10.1. The van der Waals surface area contributed by atoms with Gasteiger partial charge in [-0.1, -0.05) is 13.8 Å². The predicted octanol–water partition coefficient (Wildman–Crippen LogP) is 2.03. The molecule has 0 fully saturated rings. The smallest absolute Gasteiger partial charge is 0.275 e. The van der Waals surface area contributed by atoms with Crippen molar-refractivity contribution in [1.82, 2.24) is 5.48 Å². The van der Waals surface area contributed by atoms with E-state index in [1.54, 1.807) is 12.1 Å². The highest BCUT2D eigenvalue weighted by Crippen LogP contribution is 2.38. The lowest BCUT2D eigenvalue weighted by Crippen LogP contribution is -2.25. The van der Waals surface area contributed by atoms with Gasteiger partial charge in [-0.3, -0.25) is 9.63 Å². The molecule has 0 saturated heterocycles. The van der Waals surface area contributed by atoms with Gasteiger partial charge < -0.3 is 14.2 Å². The molecule has 0 spiro atoms. The first-order chi connectivity index (χ1) is 9.53. The Labute approximate surface area is 118 Å². The Hall–Kier alpha value is -1.95. The van der Waals surface area contributed by atoms with E-state index in [0.717, 1.165) is 0 Å². The Morgan fingerprint density at radius 3 is 2.05 bits per heavy atom. The summed E-state index contributed by atoms with van der Waals surface area (Å²) in [6.07, 6.45) is 0. The standard InChI is InChI=1S/C14H21NO5/c1-9(2)8-20-15-14(16)10-6-11(17-3)13(19-5)12(7-10)18-4/h6-7,9H,8H2,1-5H3,(H,15,16). The number of hydrogen-bond acceptors (Lipinski definition) is 5. The third-order valence-corrected chi connectivity index (χ3v) is 2.51. The van der Waals surface area contributed by atoms with Crippen LogP contribution in [0.1, 0.15) is 24.2 Å². The fourth-order valence-corrected chi connectivity index (χ4v) is 1.54. The van der Waals surface area contributed by atoms with Crippen LogP contribution in [0, 0.1) is 5.92 Å². The van der Waals surface area contributed by atoms with Gasteiger partial charge in [-0.15, -0.1) is 0 Å². The number of methoxy groups -OCH3 is 3. The zero-order chi connectivity index (χ0) is 15.1. The molecule has 6 nitrogen and oxygen atoms in total. The van der Waals surface area contributed by atoms with E-state index in [9.17, 15) is 4.79 Å². The van der Waals surface area contributed by atoms with Crippen LogP contribution in [0.25, 0.3) is 0 Å². The first kappa shape index (κ1) is 16.1. The minimum atomic E-state index is -0.370. The van der Waals surface area contributed by atoms with E-state index in [-0.39, 0.29) is 5.91 Å². The van der Waals surface area contributed by atoms with Crippen molar-refractivity contribution in [2.45, 2.75) is 13.8 Å². The first-order valence-corrected chi connectivity index (χ1v) is 6.25. The van der Waals surface area contributed by atoms with Gasteiger partial charge in [-0.2, -0.15) is 0 Å². The summed E-state index contributed by atoms with van der Waals surface area (Å²) >= 11 is 0. The largest absolute Gasteiger partial charge is 0.493 e. The Morgan fingerprint density at radius 2 is 1.65 bits per heavy atom. The van der Waals surface area contributed by atoms with E-state index in [1.807, 2.05) is 13.8 Å². The highest BCUT2D eigenvalue weighted by molar-refractivity contribution is 5.94. The molecule has 0 saturated carbocycles. The van der Waals surface area contributed by atoms with Gasteiger partial charge in [0.15, 0.2) is 11.5 Å². The van der Waals surface area contributed by atoms with Gasteiger partial charge in [0.2, 0.25) is 5.75 Å². The fraction of sp³-hybridized carbons (Fsp3) is 0.500. The second kappa shape index (κ2) is 7.59. The number of carbonyl (C=O) groups excluding carboxylic acids is 1. The van der Waals surface area contributed by atoms with Crippen molar-refractivity contribution in [1.29, 1.82) is 0 Å². The monoisotopic (exact) mass is 283 g/mol. The van der Waals surface area contributed by atoms with Crippen molar-refractivity contribution < 1.29 is 23.8 Å². The number of nitrogens with one attached hydrogen (secondary N) is 1. The topological polar surface area (TPSA) is 66.0 Å². The van der Waals surface area contributed by atoms with Gasteiger partial charge in [0.25, 0.3) is 5.91 Å². The SMILES string of the molecule is COc1cc(C(=O)NOCC(C)C)cc(OC)c1OC. The Balaban J connectivity index is 2.92. The number of ether oxygens (including phenoxy) is 3. The van der Waals surface area contributed by atoms with Crippen molar-refractivity contribution in [3.63, 3.8) is 0 Å². The second-order valence-electron chi connectivity index (χ2n) is 4.55. The van der Waals surface area contributed by atoms with Crippen molar-refractivity contribution in [3.8, 4) is 17.2 Å². The van der Waals surface area contributed by atoms with Crippen LogP contribution in [0.2, 0.25) is 0 Å². The van der Waals surface area contributed by atoms with E-state index in [4.69, 9.17) is 19.0 Å². The number of hydroxylamine groups is 1. The van der Waals surface area contributed by atoms with Crippen molar-refractivity contribution in [2.75, 3.05) is 27.9 Å².